The maximum atomic E-state index is 13.0. The van der Waals surface area contributed by atoms with Gasteiger partial charge in [-0.1, -0.05) is 5.92 Å². The van der Waals surface area contributed by atoms with Gasteiger partial charge >= 0.3 is 0 Å². The number of hydrogen-bond acceptors (Lipinski definition) is 2. The average Bonchev–Trinajstić information content (AvgIpc) is 2.22. The summed E-state index contributed by atoms with van der Waals surface area (Å²) in [6.07, 6.45) is 0. The normalized spacial score (nSPS) is 8.93. The number of nitrogens with two attached hydrogens (primary N) is 1. The number of rotatable bonds is 2. The fourth-order valence-corrected chi connectivity index (χ4v) is 0.983. The summed E-state index contributed by atoms with van der Waals surface area (Å²) in [6.45, 7) is 1.93. The van der Waals surface area contributed by atoms with Gasteiger partial charge in [0.05, 0.1) is 12.2 Å². The van der Waals surface area contributed by atoms with Gasteiger partial charge in [-0.15, -0.1) is 5.92 Å². The first kappa shape index (κ1) is 11.1. The molecule has 3 N–H and O–H groups in total. The van der Waals surface area contributed by atoms with Gasteiger partial charge in [0, 0.05) is 5.56 Å². The Bertz CT molecular complexity index is 432. The quantitative estimate of drug-likeness (QED) is 0.563. The minimum atomic E-state index is -0.593. The van der Waals surface area contributed by atoms with Crippen LogP contribution in [0.2, 0.25) is 0 Å². The Balaban J connectivity index is 2.72. The molecule has 0 heterocycles. The van der Waals surface area contributed by atoms with E-state index in [1.807, 2.05) is 0 Å². The molecule has 0 fully saturated rings. The van der Waals surface area contributed by atoms with Crippen molar-refractivity contribution < 1.29 is 9.18 Å². The summed E-state index contributed by atoms with van der Waals surface area (Å²) < 4.78 is 13.0. The molecule has 0 radical (unpaired) electrons. The van der Waals surface area contributed by atoms with Crippen molar-refractivity contribution in [1.29, 1.82) is 0 Å². The fourth-order valence-electron chi connectivity index (χ4n) is 0.983. The van der Waals surface area contributed by atoms with Crippen LogP contribution in [0.25, 0.3) is 0 Å². The molecule has 3 nitrogen and oxygen atoms in total. The van der Waals surface area contributed by atoms with Crippen LogP contribution in [0.15, 0.2) is 18.2 Å². The van der Waals surface area contributed by atoms with Crippen LogP contribution < -0.4 is 11.1 Å². The van der Waals surface area contributed by atoms with Gasteiger partial charge in [0.25, 0.3) is 5.91 Å². The highest BCUT2D eigenvalue weighted by Gasteiger charge is 2.06. The first-order valence-electron chi connectivity index (χ1n) is 4.38. The topological polar surface area (TPSA) is 55.1 Å². The third-order valence-electron chi connectivity index (χ3n) is 1.78. The molecule has 0 spiro atoms. The van der Waals surface area contributed by atoms with Crippen LogP contribution in [0.3, 0.4) is 0 Å². The Labute approximate surface area is 87.5 Å². The summed E-state index contributed by atoms with van der Waals surface area (Å²) in [5.74, 6) is 4.35. The van der Waals surface area contributed by atoms with Crippen LogP contribution in [0.1, 0.15) is 17.3 Å². The summed E-state index contributed by atoms with van der Waals surface area (Å²) in [7, 11) is 0. The van der Waals surface area contributed by atoms with Gasteiger partial charge < -0.3 is 11.1 Å². The van der Waals surface area contributed by atoms with E-state index in [0.717, 1.165) is 6.07 Å². The molecule has 4 heteroatoms. The Kier molecular flexibility index (Phi) is 3.69. The minimum Gasteiger partial charge on any atom is -0.396 e. The van der Waals surface area contributed by atoms with Gasteiger partial charge in [-0.2, -0.15) is 0 Å². The first-order valence-corrected chi connectivity index (χ1v) is 4.38. The molecule has 1 amide bonds. The smallest absolute Gasteiger partial charge is 0.252 e. The number of nitrogens with one attached hydrogen (secondary N) is 1. The van der Waals surface area contributed by atoms with E-state index in [1.165, 1.54) is 12.1 Å². The van der Waals surface area contributed by atoms with Crippen LogP contribution in [0.5, 0.6) is 0 Å². The van der Waals surface area contributed by atoms with Gasteiger partial charge in [0.1, 0.15) is 5.82 Å². The zero-order chi connectivity index (χ0) is 11.3. The van der Waals surface area contributed by atoms with Gasteiger partial charge in [0.2, 0.25) is 0 Å². The maximum Gasteiger partial charge on any atom is 0.252 e. The molecule has 0 atom stereocenters. The van der Waals surface area contributed by atoms with Crippen molar-refractivity contribution in [1.82, 2.24) is 5.32 Å². The minimum absolute atomic E-state index is 0.0277. The van der Waals surface area contributed by atoms with Crippen LogP contribution in [0.4, 0.5) is 10.1 Å². The number of amides is 1. The molecule has 0 saturated heterocycles. The molecule has 78 valence electrons. The standard InChI is InChI=1S/C11H11FN2O/c1-2-3-6-14-11(15)8-4-5-10(13)9(12)7-8/h4-5,7H,6,13H2,1H3,(H,14,15). The van der Waals surface area contributed by atoms with Crippen LogP contribution in [-0.2, 0) is 0 Å². The summed E-state index contributed by atoms with van der Waals surface area (Å²) in [5, 5.41) is 2.53. The molecule has 0 bridgehead atoms. The molecule has 0 aliphatic carbocycles. The lowest BCUT2D eigenvalue weighted by Crippen LogP contribution is -2.23. The Hall–Kier alpha value is -2.02. The predicted octanol–water partition coefficient (Wildman–Crippen LogP) is 1.16. The van der Waals surface area contributed by atoms with Gasteiger partial charge in [0.15, 0.2) is 0 Å². The van der Waals surface area contributed by atoms with E-state index in [9.17, 15) is 9.18 Å². The number of carbonyl (C=O) groups is 1. The van der Waals surface area contributed by atoms with Gasteiger partial charge in [-0.25, -0.2) is 4.39 Å². The summed E-state index contributed by atoms with van der Waals surface area (Å²) >= 11 is 0. The molecule has 0 aliphatic heterocycles. The van der Waals surface area contributed by atoms with E-state index in [4.69, 9.17) is 5.73 Å². The van der Waals surface area contributed by atoms with Crippen LogP contribution in [-0.4, -0.2) is 12.5 Å². The number of anilines is 1. The number of carbonyl (C=O) groups excluding carboxylic acids is 1. The third kappa shape index (κ3) is 2.99. The van der Waals surface area contributed by atoms with Crippen molar-refractivity contribution in [3.63, 3.8) is 0 Å². The number of nitrogen functional groups attached to an aromatic ring is 1. The molecular formula is C11H11FN2O. The highest BCUT2D eigenvalue weighted by molar-refractivity contribution is 5.94. The Morgan fingerprint density at radius 3 is 2.93 bits per heavy atom. The van der Waals surface area contributed by atoms with E-state index < -0.39 is 5.82 Å². The lowest BCUT2D eigenvalue weighted by atomic mass is 10.2. The van der Waals surface area contributed by atoms with E-state index >= 15 is 0 Å². The lowest BCUT2D eigenvalue weighted by molar-refractivity contribution is 0.0958. The molecule has 0 unspecified atom stereocenters. The van der Waals surface area contributed by atoms with Crippen LogP contribution >= 0.6 is 0 Å². The predicted molar refractivity (Wildman–Crippen MR) is 56.6 cm³/mol. The van der Waals surface area contributed by atoms with Crippen molar-refractivity contribution in [2.75, 3.05) is 12.3 Å². The molecule has 15 heavy (non-hydrogen) atoms. The zero-order valence-electron chi connectivity index (χ0n) is 8.30. The van der Waals surface area contributed by atoms with Crippen molar-refractivity contribution in [3.05, 3.63) is 29.6 Å². The van der Waals surface area contributed by atoms with Crippen molar-refractivity contribution >= 4 is 11.6 Å². The lowest BCUT2D eigenvalue weighted by Gasteiger charge is -2.02. The summed E-state index contributed by atoms with van der Waals surface area (Å²) in [6, 6.07) is 3.92. The highest BCUT2D eigenvalue weighted by atomic mass is 19.1. The van der Waals surface area contributed by atoms with E-state index in [0.29, 0.717) is 0 Å². The molecule has 1 aromatic rings. The second kappa shape index (κ2) is 5.01. The number of hydrogen-bond donors (Lipinski definition) is 2. The Morgan fingerprint density at radius 1 is 1.60 bits per heavy atom. The molecule has 1 rings (SSSR count). The summed E-state index contributed by atoms with van der Waals surface area (Å²) in [5.41, 5.74) is 5.54. The van der Waals surface area contributed by atoms with E-state index in [-0.39, 0.29) is 23.7 Å². The molecule has 0 aliphatic rings. The molecular weight excluding hydrogens is 195 g/mol. The first-order chi connectivity index (χ1) is 7.15. The largest absolute Gasteiger partial charge is 0.396 e. The zero-order valence-corrected chi connectivity index (χ0v) is 8.30. The van der Waals surface area contributed by atoms with Crippen molar-refractivity contribution in [2.24, 2.45) is 0 Å². The number of benzene rings is 1. The second-order valence-electron chi connectivity index (χ2n) is 2.85. The maximum absolute atomic E-state index is 13.0. The van der Waals surface area contributed by atoms with E-state index in [2.05, 4.69) is 17.2 Å². The SMILES string of the molecule is CC#CCNC(=O)c1ccc(N)c(F)c1. The van der Waals surface area contributed by atoms with Crippen molar-refractivity contribution in [2.45, 2.75) is 6.92 Å². The van der Waals surface area contributed by atoms with Crippen LogP contribution in [0, 0.1) is 17.7 Å². The Morgan fingerprint density at radius 2 is 2.33 bits per heavy atom. The average molecular weight is 206 g/mol. The fraction of sp³-hybridized carbons (Fsp3) is 0.182. The van der Waals surface area contributed by atoms with E-state index in [1.54, 1.807) is 6.92 Å². The second-order valence-corrected chi connectivity index (χ2v) is 2.85. The molecule has 0 aromatic heterocycles. The molecule has 0 saturated carbocycles. The summed E-state index contributed by atoms with van der Waals surface area (Å²) in [4.78, 5) is 11.4. The third-order valence-corrected chi connectivity index (χ3v) is 1.78. The number of halogens is 1. The van der Waals surface area contributed by atoms with Gasteiger partial charge in [-0.3, -0.25) is 4.79 Å². The highest BCUT2D eigenvalue weighted by Crippen LogP contribution is 2.11. The molecule has 1 aromatic carbocycles. The monoisotopic (exact) mass is 206 g/mol. The van der Waals surface area contributed by atoms with Gasteiger partial charge in [-0.05, 0) is 25.1 Å². The van der Waals surface area contributed by atoms with Crippen molar-refractivity contribution in [3.8, 4) is 11.8 Å².